The predicted molar refractivity (Wildman–Crippen MR) is 175 cm³/mol. The van der Waals surface area contributed by atoms with Crippen LogP contribution in [0.5, 0.6) is 0 Å². The molecule has 0 radical (unpaired) electrons. The lowest BCUT2D eigenvalue weighted by Gasteiger charge is -2.40. The summed E-state index contributed by atoms with van der Waals surface area (Å²) in [6.07, 6.45) is 3.69. The Balaban J connectivity index is 0.876. The van der Waals surface area contributed by atoms with E-state index in [1.54, 1.807) is 29.2 Å². The molecule has 1 aliphatic heterocycles. The predicted octanol–water partition coefficient (Wildman–Crippen LogP) is 7.16. The molecule has 3 heterocycles. The summed E-state index contributed by atoms with van der Waals surface area (Å²) in [6.45, 7) is -0.578. The fourth-order valence-electron chi connectivity index (χ4n) is 6.56. The van der Waals surface area contributed by atoms with Gasteiger partial charge < -0.3 is 15.5 Å². The van der Waals surface area contributed by atoms with Gasteiger partial charge in [0, 0.05) is 30.4 Å². The highest BCUT2D eigenvalue weighted by Crippen LogP contribution is 2.48. The number of aromatic nitrogens is 4. The van der Waals surface area contributed by atoms with Crippen LogP contribution in [0, 0.1) is 0 Å². The van der Waals surface area contributed by atoms with Gasteiger partial charge in [-0.05, 0) is 54.0 Å². The Hall–Kier alpha value is -3.98. The Morgan fingerprint density at radius 3 is 1.69 bits per heavy atom. The minimum Gasteiger partial charge on any atom is -0.359 e. The SMILES string of the molecule is O=C(Cc1ccc(C2CC(F)(F)C2)cc1)Nc1nnc([C@H]2CCC[C@H](c3nnc(NC(=O)Cc4ccc(N5CC(F)(F)C5)cc4)s3)C2)s1. The third-order valence-corrected chi connectivity index (χ3v) is 11.2. The van der Waals surface area contributed by atoms with E-state index in [1.807, 2.05) is 24.3 Å². The number of nitrogens with one attached hydrogen (secondary N) is 2. The molecule has 0 unspecified atom stereocenters. The number of carbonyl (C=O) groups excluding carboxylic acids is 2. The topological polar surface area (TPSA) is 113 Å². The Morgan fingerprint density at radius 1 is 0.708 bits per heavy atom. The summed E-state index contributed by atoms with van der Waals surface area (Å²) in [6, 6.07) is 14.3. The van der Waals surface area contributed by atoms with E-state index in [4.69, 9.17) is 0 Å². The Bertz CT molecular complexity index is 1640. The molecule has 0 bridgehead atoms. The first-order valence-electron chi connectivity index (χ1n) is 15.9. The van der Waals surface area contributed by atoms with E-state index in [2.05, 4.69) is 31.0 Å². The van der Waals surface area contributed by atoms with Crippen LogP contribution < -0.4 is 15.5 Å². The van der Waals surface area contributed by atoms with Gasteiger partial charge in [0.05, 0.1) is 25.9 Å². The molecule has 1 saturated heterocycles. The molecule has 3 fully saturated rings. The summed E-state index contributed by atoms with van der Waals surface area (Å²) in [5.41, 5.74) is 3.15. The molecule has 252 valence electrons. The van der Waals surface area contributed by atoms with Gasteiger partial charge in [-0.2, -0.15) is 0 Å². The van der Waals surface area contributed by atoms with E-state index in [9.17, 15) is 27.2 Å². The zero-order chi connectivity index (χ0) is 33.5. The molecule has 4 aromatic rings. The second-order valence-corrected chi connectivity index (χ2v) is 15.0. The maximum atomic E-state index is 13.2. The van der Waals surface area contributed by atoms with Gasteiger partial charge in [-0.1, -0.05) is 65.5 Å². The van der Waals surface area contributed by atoms with Crippen molar-refractivity contribution in [2.75, 3.05) is 28.6 Å². The third kappa shape index (κ3) is 7.67. The number of benzene rings is 2. The summed E-state index contributed by atoms with van der Waals surface area (Å²) in [5, 5.41) is 25.3. The molecule has 2 aromatic heterocycles. The molecular weight excluding hydrogens is 667 g/mol. The molecule has 2 aromatic carbocycles. The number of alkyl halides is 4. The van der Waals surface area contributed by atoms with E-state index in [0.717, 1.165) is 52.4 Å². The van der Waals surface area contributed by atoms with Gasteiger partial charge >= 0.3 is 0 Å². The number of hydrogen-bond donors (Lipinski definition) is 2. The van der Waals surface area contributed by atoms with Gasteiger partial charge in [0.25, 0.3) is 5.92 Å². The van der Waals surface area contributed by atoms with E-state index < -0.39 is 11.8 Å². The van der Waals surface area contributed by atoms with Gasteiger partial charge in [-0.25, -0.2) is 17.6 Å². The number of hydrogen-bond acceptors (Lipinski definition) is 9. The zero-order valence-electron chi connectivity index (χ0n) is 25.8. The quantitative estimate of drug-likeness (QED) is 0.169. The normalized spacial score (nSPS) is 21.6. The number of rotatable bonds is 10. The number of halogens is 4. The maximum Gasteiger partial charge on any atom is 0.282 e. The summed E-state index contributed by atoms with van der Waals surface area (Å²) >= 11 is 2.72. The monoisotopic (exact) mass is 699 g/mol. The van der Waals surface area contributed by atoms with Crippen LogP contribution in [0.25, 0.3) is 0 Å². The van der Waals surface area contributed by atoms with Crippen molar-refractivity contribution in [1.29, 1.82) is 0 Å². The molecule has 2 amide bonds. The van der Waals surface area contributed by atoms with Crippen LogP contribution in [0.3, 0.4) is 0 Å². The van der Waals surface area contributed by atoms with Crippen LogP contribution >= 0.6 is 22.7 Å². The van der Waals surface area contributed by atoms with Crippen molar-refractivity contribution in [3.8, 4) is 0 Å². The van der Waals surface area contributed by atoms with E-state index in [1.165, 1.54) is 22.7 Å². The standard InChI is InChI=1S/C33H33F4N7O2S2/c34-32(35)15-24(16-32)21-8-4-19(5-9-21)12-26(45)38-30-42-40-28(47-30)22-2-1-3-23(14-22)29-41-43-31(48-29)39-27(46)13-20-6-10-25(11-7-20)44-17-33(36,37)18-44/h4-11,22-24H,1-3,12-18H2,(H,38,42,45)(H,39,43,46)/t22-,23-/m0/s1. The Labute approximate surface area is 282 Å². The first-order valence-corrected chi connectivity index (χ1v) is 17.6. The van der Waals surface area contributed by atoms with Gasteiger partial charge in [-0.3, -0.25) is 9.59 Å². The summed E-state index contributed by atoms with van der Waals surface area (Å²) in [4.78, 5) is 27.0. The molecule has 0 spiro atoms. The lowest BCUT2D eigenvalue weighted by molar-refractivity contribution is -0.116. The summed E-state index contributed by atoms with van der Waals surface area (Å²) < 4.78 is 52.7. The molecule has 15 heteroatoms. The van der Waals surface area contributed by atoms with Crippen molar-refractivity contribution in [1.82, 2.24) is 20.4 Å². The number of amides is 2. The first-order chi connectivity index (χ1) is 23.0. The Kier molecular flexibility index (Phi) is 8.92. The largest absolute Gasteiger partial charge is 0.359 e. The van der Waals surface area contributed by atoms with Crippen LogP contribution in [0.4, 0.5) is 33.5 Å². The van der Waals surface area contributed by atoms with Crippen LogP contribution in [-0.2, 0) is 22.4 Å². The fourth-order valence-corrected chi connectivity index (χ4v) is 8.37. The van der Waals surface area contributed by atoms with Gasteiger partial charge in [0.1, 0.15) is 10.0 Å². The maximum absolute atomic E-state index is 13.2. The van der Waals surface area contributed by atoms with Crippen molar-refractivity contribution < 1.29 is 27.2 Å². The van der Waals surface area contributed by atoms with Gasteiger partial charge in [0.15, 0.2) is 0 Å². The molecule has 7 rings (SSSR count). The van der Waals surface area contributed by atoms with Crippen molar-refractivity contribution in [2.45, 2.75) is 81.0 Å². The average molecular weight is 700 g/mol. The first kappa shape index (κ1) is 32.6. The summed E-state index contributed by atoms with van der Waals surface area (Å²) in [5.74, 6) is -5.47. The van der Waals surface area contributed by atoms with Crippen molar-refractivity contribution in [3.63, 3.8) is 0 Å². The van der Waals surface area contributed by atoms with Crippen molar-refractivity contribution in [3.05, 3.63) is 75.2 Å². The van der Waals surface area contributed by atoms with Crippen LogP contribution in [0.15, 0.2) is 48.5 Å². The molecule has 2 aliphatic carbocycles. The van der Waals surface area contributed by atoms with Gasteiger partial charge in [-0.15, -0.1) is 20.4 Å². The average Bonchev–Trinajstić information content (AvgIpc) is 3.69. The van der Waals surface area contributed by atoms with Crippen LogP contribution in [-0.4, -0.2) is 57.1 Å². The molecule has 9 nitrogen and oxygen atoms in total. The smallest absolute Gasteiger partial charge is 0.282 e. The molecule has 48 heavy (non-hydrogen) atoms. The fraction of sp³-hybridized carbons (Fsp3) is 0.455. The lowest BCUT2D eigenvalue weighted by Crippen LogP contribution is -2.56. The van der Waals surface area contributed by atoms with Crippen LogP contribution in [0.2, 0.25) is 0 Å². The highest BCUT2D eigenvalue weighted by molar-refractivity contribution is 7.15. The molecule has 2 atom stereocenters. The van der Waals surface area contributed by atoms with Crippen LogP contribution in [0.1, 0.15) is 83.0 Å². The minimum absolute atomic E-state index is 0.123. The highest BCUT2D eigenvalue weighted by Gasteiger charge is 2.46. The zero-order valence-corrected chi connectivity index (χ0v) is 27.4. The molecular formula is C33H33F4N7O2S2. The van der Waals surface area contributed by atoms with Crippen molar-refractivity contribution >= 4 is 50.4 Å². The Morgan fingerprint density at radius 2 is 1.21 bits per heavy atom. The molecule has 3 aliphatic rings. The summed E-state index contributed by atoms with van der Waals surface area (Å²) in [7, 11) is 0. The molecule has 2 N–H and O–H groups in total. The van der Waals surface area contributed by atoms with E-state index in [-0.39, 0.29) is 68.3 Å². The number of anilines is 3. The number of carbonyl (C=O) groups is 2. The lowest BCUT2D eigenvalue weighted by atomic mass is 9.76. The minimum atomic E-state index is -2.64. The van der Waals surface area contributed by atoms with Crippen molar-refractivity contribution in [2.24, 2.45) is 0 Å². The number of nitrogens with zero attached hydrogens (tertiary/aromatic N) is 5. The second-order valence-electron chi connectivity index (χ2n) is 13.0. The second kappa shape index (κ2) is 13.1. The molecule has 2 saturated carbocycles. The third-order valence-electron chi connectivity index (χ3n) is 9.16. The van der Waals surface area contributed by atoms with E-state index >= 15 is 0 Å². The van der Waals surface area contributed by atoms with Gasteiger partial charge in [0.2, 0.25) is 28.0 Å². The highest BCUT2D eigenvalue weighted by atomic mass is 32.1. The van der Waals surface area contributed by atoms with E-state index in [0.29, 0.717) is 16.0 Å².